The minimum Gasteiger partial charge on any atom is -0.490 e. The van der Waals surface area contributed by atoms with Crippen molar-refractivity contribution in [2.45, 2.75) is 39.7 Å². The summed E-state index contributed by atoms with van der Waals surface area (Å²) in [5.41, 5.74) is -0.266. The number of hydrogen-bond donors (Lipinski definition) is 2. The molecule has 0 aliphatic heterocycles. The van der Waals surface area contributed by atoms with Gasteiger partial charge in [-0.15, -0.1) is 0 Å². The minimum atomic E-state index is -0.628. The Bertz CT molecular complexity index is 569. The maximum absolute atomic E-state index is 12.0. The molecule has 24 heavy (non-hydrogen) atoms. The third kappa shape index (κ3) is 7.77. The van der Waals surface area contributed by atoms with Gasteiger partial charge < -0.3 is 19.5 Å². The Hall–Kier alpha value is -2.35. The minimum absolute atomic E-state index is 0.264. The summed E-state index contributed by atoms with van der Waals surface area (Å²) >= 11 is 0. The molecule has 0 saturated heterocycles. The Kier molecular flexibility index (Phi) is 7.44. The van der Waals surface area contributed by atoms with Crippen LogP contribution in [0.5, 0.6) is 5.75 Å². The first-order chi connectivity index (χ1) is 11.2. The van der Waals surface area contributed by atoms with Crippen molar-refractivity contribution in [1.82, 2.24) is 4.98 Å². The third-order valence-corrected chi connectivity index (χ3v) is 2.56. The maximum Gasteiger partial charge on any atom is 0.412 e. The van der Waals surface area contributed by atoms with Crippen LogP contribution >= 0.6 is 0 Å². The lowest BCUT2D eigenvalue weighted by atomic mass is 10.2. The first kappa shape index (κ1) is 19.7. The van der Waals surface area contributed by atoms with Gasteiger partial charge in [0.2, 0.25) is 5.91 Å². The largest absolute Gasteiger partial charge is 0.490 e. The van der Waals surface area contributed by atoms with Crippen LogP contribution in [0.1, 0.15) is 34.1 Å². The molecule has 0 saturated carbocycles. The number of methoxy groups -OCH3 is 1. The van der Waals surface area contributed by atoms with E-state index < -0.39 is 11.7 Å². The molecule has 134 valence electrons. The average molecular weight is 339 g/mol. The van der Waals surface area contributed by atoms with E-state index in [4.69, 9.17) is 14.2 Å². The molecule has 0 aliphatic rings. The predicted octanol–water partition coefficient (Wildman–Crippen LogP) is 2.80. The molecule has 0 spiro atoms. The number of ether oxygens (including phenoxy) is 3. The van der Waals surface area contributed by atoms with Gasteiger partial charge in [0.05, 0.1) is 18.5 Å². The Labute approximate surface area is 141 Å². The Morgan fingerprint density at radius 2 is 1.92 bits per heavy atom. The Morgan fingerprint density at radius 1 is 1.21 bits per heavy atom. The summed E-state index contributed by atoms with van der Waals surface area (Å²) in [5.74, 6) is 0.420. The Balaban J connectivity index is 2.88. The standard InChI is InChI=1S/C16H25N3O5/c1-11(20)18-14-9-12(19-15(21)24-16(2,3)4)13(10-17-14)23-8-6-7-22-5/h9-10H,6-8H2,1-5H3,(H2,17,18,19,20,21). The van der Waals surface area contributed by atoms with Gasteiger partial charge in [0.1, 0.15) is 11.4 Å². The van der Waals surface area contributed by atoms with Crippen LogP contribution in [0.4, 0.5) is 16.3 Å². The number of hydrogen-bond acceptors (Lipinski definition) is 6. The second-order valence-corrected chi connectivity index (χ2v) is 6.07. The first-order valence-corrected chi connectivity index (χ1v) is 7.60. The molecular formula is C16H25N3O5. The molecule has 0 atom stereocenters. The highest BCUT2D eigenvalue weighted by Crippen LogP contribution is 2.27. The molecular weight excluding hydrogens is 314 g/mol. The zero-order valence-corrected chi connectivity index (χ0v) is 14.8. The molecule has 2 amide bonds. The van der Waals surface area contributed by atoms with E-state index >= 15 is 0 Å². The van der Waals surface area contributed by atoms with Crippen molar-refractivity contribution in [2.24, 2.45) is 0 Å². The van der Waals surface area contributed by atoms with Crippen molar-refractivity contribution >= 4 is 23.5 Å². The van der Waals surface area contributed by atoms with Crippen LogP contribution in [0.15, 0.2) is 12.3 Å². The summed E-state index contributed by atoms with van der Waals surface area (Å²) in [7, 11) is 1.61. The normalized spacial score (nSPS) is 10.9. The van der Waals surface area contributed by atoms with Crippen LogP contribution < -0.4 is 15.4 Å². The van der Waals surface area contributed by atoms with Gasteiger partial charge in [-0.25, -0.2) is 9.78 Å². The SMILES string of the molecule is COCCCOc1cnc(NC(C)=O)cc1NC(=O)OC(C)(C)C. The van der Waals surface area contributed by atoms with Gasteiger partial charge in [0, 0.05) is 33.1 Å². The van der Waals surface area contributed by atoms with Crippen LogP contribution in [0, 0.1) is 0 Å². The fourth-order valence-electron chi connectivity index (χ4n) is 1.70. The quantitative estimate of drug-likeness (QED) is 0.741. The number of carbonyl (C=O) groups is 2. The van der Waals surface area contributed by atoms with Gasteiger partial charge in [-0.3, -0.25) is 10.1 Å². The van der Waals surface area contributed by atoms with Gasteiger partial charge in [0.25, 0.3) is 0 Å². The van der Waals surface area contributed by atoms with Gasteiger partial charge in [-0.1, -0.05) is 0 Å². The summed E-state index contributed by atoms with van der Waals surface area (Å²) in [6.07, 6.45) is 1.50. The number of carbonyl (C=O) groups excluding carboxylic acids is 2. The lowest BCUT2D eigenvalue weighted by Gasteiger charge is -2.20. The fourth-order valence-corrected chi connectivity index (χ4v) is 1.70. The van der Waals surface area contributed by atoms with Crippen LogP contribution in [0.3, 0.4) is 0 Å². The lowest BCUT2D eigenvalue weighted by molar-refractivity contribution is -0.114. The molecule has 0 aromatic carbocycles. The first-order valence-electron chi connectivity index (χ1n) is 7.60. The monoisotopic (exact) mass is 339 g/mol. The predicted molar refractivity (Wildman–Crippen MR) is 90.4 cm³/mol. The van der Waals surface area contributed by atoms with Crippen LogP contribution in [0.2, 0.25) is 0 Å². The second kappa shape index (κ2) is 9.07. The van der Waals surface area contributed by atoms with E-state index in [2.05, 4.69) is 15.6 Å². The van der Waals surface area contributed by atoms with E-state index in [0.29, 0.717) is 36.9 Å². The highest BCUT2D eigenvalue weighted by atomic mass is 16.6. The number of amides is 2. The van der Waals surface area contributed by atoms with E-state index in [0.717, 1.165) is 0 Å². The molecule has 0 fully saturated rings. The molecule has 8 heteroatoms. The van der Waals surface area contributed by atoms with Gasteiger partial charge in [-0.2, -0.15) is 0 Å². The van der Waals surface area contributed by atoms with Crippen molar-refractivity contribution in [3.8, 4) is 5.75 Å². The average Bonchev–Trinajstić information content (AvgIpc) is 2.42. The van der Waals surface area contributed by atoms with Gasteiger partial charge in [0.15, 0.2) is 5.75 Å². The van der Waals surface area contributed by atoms with E-state index in [1.54, 1.807) is 27.9 Å². The van der Waals surface area contributed by atoms with Gasteiger partial charge in [-0.05, 0) is 20.8 Å². The molecule has 1 aromatic rings. The zero-order chi connectivity index (χ0) is 18.2. The zero-order valence-electron chi connectivity index (χ0n) is 14.8. The van der Waals surface area contributed by atoms with E-state index in [9.17, 15) is 9.59 Å². The summed E-state index contributed by atoms with van der Waals surface area (Å²) < 4.78 is 15.8. The third-order valence-electron chi connectivity index (χ3n) is 2.56. The molecule has 1 heterocycles. The molecule has 0 bridgehead atoms. The molecule has 8 nitrogen and oxygen atoms in total. The number of anilines is 2. The van der Waals surface area contributed by atoms with E-state index in [1.807, 2.05) is 0 Å². The number of pyridine rings is 1. The number of aromatic nitrogens is 1. The topological polar surface area (TPSA) is 98.8 Å². The summed E-state index contributed by atoms with van der Waals surface area (Å²) in [4.78, 5) is 27.2. The van der Waals surface area contributed by atoms with Crippen LogP contribution in [-0.2, 0) is 14.3 Å². The highest BCUT2D eigenvalue weighted by Gasteiger charge is 2.18. The van der Waals surface area contributed by atoms with Crippen molar-refractivity contribution in [3.05, 3.63) is 12.3 Å². The summed E-state index contributed by atoms with van der Waals surface area (Å²) in [6.45, 7) is 7.64. The van der Waals surface area contributed by atoms with Crippen molar-refractivity contribution < 1.29 is 23.8 Å². The van der Waals surface area contributed by atoms with Crippen molar-refractivity contribution in [2.75, 3.05) is 31.0 Å². The number of nitrogens with one attached hydrogen (secondary N) is 2. The Morgan fingerprint density at radius 3 is 2.50 bits per heavy atom. The van der Waals surface area contributed by atoms with E-state index in [-0.39, 0.29) is 5.91 Å². The lowest BCUT2D eigenvalue weighted by Crippen LogP contribution is -2.27. The van der Waals surface area contributed by atoms with Crippen LogP contribution in [0.25, 0.3) is 0 Å². The molecule has 1 rings (SSSR count). The fraction of sp³-hybridized carbons (Fsp3) is 0.562. The maximum atomic E-state index is 12.0. The molecule has 2 N–H and O–H groups in total. The molecule has 1 aromatic heterocycles. The number of nitrogens with zero attached hydrogens (tertiary/aromatic N) is 1. The summed E-state index contributed by atoms with van der Waals surface area (Å²) in [6, 6.07) is 1.51. The van der Waals surface area contributed by atoms with Crippen molar-refractivity contribution in [3.63, 3.8) is 0 Å². The molecule has 0 aliphatic carbocycles. The smallest absolute Gasteiger partial charge is 0.412 e. The second-order valence-electron chi connectivity index (χ2n) is 6.07. The summed E-state index contributed by atoms with van der Waals surface area (Å²) in [5, 5.41) is 5.17. The molecule has 0 unspecified atom stereocenters. The van der Waals surface area contributed by atoms with Crippen LogP contribution in [-0.4, -0.2) is 42.9 Å². The molecule has 0 radical (unpaired) electrons. The van der Waals surface area contributed by atoms with Crippen molar-refractivity contribution in [1.29, 1.82) is 0 Å². The van der Waals surface area contributed by atoms with Gasteiger partial charge >= 0.3 is 6.09 Å². The van der Waals surface area contributed by atoms with E-state index in [1.165, 1.54) is 19.2 Å². The number of rotatable bonds is 7. The highest BCUT2D eigenvalue weighted by molar-refractivity contribution is 5.91.